The molecular formula is C22H24N2O6. The third-order valence-corrected chi connectivity index (χ3v) is 3.93. The minimum absolute atomic E-state index is 0.0252. The largest absolute Gasteiger partial charge is 0.462 e. The second-order valence-electron chi connectivity index (χ2n) is 6.27. The fourth-order valence-electron chi connectivity index (χ4n) is 2.42. The lowest BCUT2D eigenvalue weighted by molar-refractivity contribution is -0.148. The van der Waals surface area contributed by atoms with Gasteiger partial charge in [-0.15, -0.1) is 0 Å². The molecule has 2 aromatic carbocycles. The van der Waals surface area contributed by atoms with Crippen molar-refractivity contribution in [3.05, 3.63) is 65.7 Å². The van der Waals surface area contributed by atoms with E-state index >= 15 is 0 Å². The third kappa shape index (κ3) is 8.14. The fraction of sp³-hybridized carbons (Fsp3) is 0.273. The van der Waals surface area contributed by atoms with Gasteiger partial charge in [0, 0.05) is 18.7 Å². The molecule has 30 heavy (non-hydrogen) atoms. The normalized spacial score (nSPS) is 10.0. The molecule has 158 valence electrons. The van der Waals surface area contributed by atoms with Crippen LogP contribution in [0, 0.1) is 0 Å². The highest BCUT2D eigenvalue weighted by molar-refractivity contribution is 5.94. The zero-order chi connectivity index (χ0) is 21.8. The molecule has 0 saturated carbocycles. The fourth-order valence-corrected chi connectivity index (χ4v) is 2.42. The van der Waals surface area contributed by atoms with Crippen molar-refractivity contribution >= 4 is 29.4 Å². The predicted molar refractivity (Wildman–Crippen MR) is 110 cm³/mol. The summed E-state index contributed by atoms with van der Waals surface area (Å²) in [4.78, 5) is 47.0. The van der Waals surface area contributed by atoms with Gasteiger partial charge < -0.3 is 20.1 Å². The van der Waals surface area contributed by atoms with Gasteiger partial charge in [-0.3, -0.25) is 14.4 Å². The average molecular weight is 412 g/mol. The van der Waals surface area contributed by atoms with E-state index in [4.69, 9.17) is 9.47 Å². The van der Waals surface area contributed by atoms with Crippen LogP contribution in [0.3, 0.4) is 0 Å². The van der Waals surface area contributed by atoms with Crippen molar-refractivity contribution in [1.82, 2.24) is 5.32 Å². The van der Waals surface area contributed by atoms with Crippen LogP contribution in [0.1, 0.15) is 35.7 Å². The number of carbonyl (C=O) groups excluding carboxylic acids is 4. The number of anilines is 1. The maximum absolute atomic E-state index is 11.9. The molecule has 0 aliphatic rings. The Bertz CT molecular complexity index is 865. The van der Waals surface area contributed by atoms with Gasteiger partial charge in [0.05, 0.1) is 18.6 Å². The van der Waals surface area contributed by atoms with Gasteiger partial charge in [-0.05, 0) is 36.8 Å². The van der Waals surface area contributed by atoms with E-state index in [0.29, 0.717) is 17.8 Å². The zero-order valence-corrected chi connectivity index (χ0v) is 16.7. The molecule has 0 radical (unpaired) electrons. The van der Waals surface area contributed by atoms with Gasteiger partial charge in [-0.2, -0.15) is 0 Å². The van der Waals surface area contributed by atoms with E-state index in [9.17, 15) is 19.2 Å². The molecule has 0 bridgehead atoms. The molecule has 0 fully saturated rings. The second kappa shape index (κ2) is 12.0. The maximum atomic E-state index is 11.9. The molecule has 0 atom stereocenters. The van der Waals surface area contributed by atoms with E-state index in [2.05, 4.69) is 10.6 Å². The van der Waals surface area contributed by atoms with Crippen LogP contribution < -0.4 is 10.6 Å². The summed E-state index contributed by atoms with van der Waals surface area (Å²) in [6.07, 6.45) is -0.148. The summed E-state index contributed by atoms with van der Waals surface area (Å²) in [5.74, 6) is -1.89. The summed E-state index contributed by atoms with van der Waals surface area (Å²) in [6, 6.07) is 15.5. The minimum Gasteiger partial charge on any atom is -0.462 e. The molecule has 0 aromatic heterocycles. The third-order valence-electron chi connectivity index (χ3n) is 3.93. The van der Waals surface area contributed by atoms with Gasteiger partial charge in [0.15, 0.2) is 6.61 Å². The number of amides is 2. The molecule has 0 spiro atoms. The standard InChI is InChI=1S/C22H24N2O6/c1-2-29-22(28)17-8-10-18(11-9-17)24-20(26)15-30-21(27)13-12-19(25)23-14-16-6-4-3-5-7-16/h3-11H,2,12-15H2,1H3,(H,23,25)(H,24,26). The van der Waals surface area contributed by atoms with Crippen LogP contribution in [0.5, 0.6) is 0 Å². The monoisotopic (exact) mass is 412 g/mol. The lowest BCUT2D eigenvalue weighted by atomic mass is 10.2. The van der Waals surface area contributed by atoms with Crippen LogP contribution in [0.4, 0.5) is 5.69 Å². The van der Waals surface area contributed by atoms with Gasteiger partial charge in [-0.25, -0.2) is 4.79 Å². The highest BCUT2D eigenvalue weighted by Crippen LogP contribution is 2.10. The molecule has 0 saturated heterocycles. The molecule has 8 heteroatoms. The number of nitrogens with one attached hydrogen (secondary N) is 2. The topological polar surface area (TPSA) is 111 Å². The number of ether oxygens (including phenoxy) is 2. The molecule has 2 N–H and O–H groups in total. The molecular weight excluding hydrogens is 388 g/mol. The van der Waals surface area contributed by atoms with Crippen LogP contribution in [0.15, 0.2) is 54.6 Å². The Balaban J connectivity index is 1.64. The number of carbonyl (C=O) groups is 4. The summed E-state index contributed by atoms with van der Waals surface area (Å²) < 4.78 is 9.76. The van der Waals surface area contributed by atoms with Crippen molar-refractivity contribution in [1.29, 1.82) is 0 Å². The molecule has 0 aliphatic carbocycles. The molecule has 0 unspecified atom stereocenters. The van der Waals surface area contributed by atoms with Crippen LogP contribution in [-0.2, 0) is 30.4 Å². The first kappa shape index (κ1) is 22.6. The van der Waals surface area contributed by atoms with Crippen molar-refractivity contribution in [2.45, 2.75) is 26.3 Å². The van der Waals surface area contributed by atoms with Gasteiger partial charge in [0.1, 0.15) is 0 Å². The van der Waals surface area contributed by atoms with E-state index in [1.807, 2.05) is 30.3 Å². The lowest BCUT2D eigenvalue weighted by Crippen LogP contribution is -2.25. The van der Waals surface area contributed by atoms with Crippen molar-refractivity contribution < 1.29 is 28.7 Å². The van der Waals surface area contributed by atoms with Gasteiger partial charge in [-0.1, -0.05) is 30.3 Å². The number of hydrogen-bond donors (Lipinski definition) is 2. The smallest absolute Gasteiger partial charge is 0.338 e. The number of benzene rings is 2. The number of esters is 2. The van der Waals surface area contributed by atoms with E-state index in [0.717, 1.165) is 5.56 Å². The van der Waals surface area contributed by atoms with E-state index in [1.165, 1.54) is 12.1 Å². The molecule has 0 aliphatic heterocycles. The SMILES string of the molecule is CCOC(=O)c1ccc(NC(=O)COC(=O)CCC(=O)NCc2ccccc2)cc1. The van der Waals surface area contributed by atoms with Gasteiger partial charge >= 0.3 is 11.9 Å². The Labute approximate surface area is 174 Å². The molecule has 2 amide bonds. The summed E-state index contributed by atoms with van der Waals surface area (Å²) >= 11 is 0. The Morgan fingerprint density at radius 2 is 1.53 bits per heavy atom. The van der Waals surface area contributed by atoms with Gasteiger partial charge in [0.25, 0.3) is 5.91 Å². The Kier molecular flexibility index (Phi) is 9.05. The Morgan fingerprint density at radius 1 is 0.833 bits per heavy atom. The van der Waals surface area contributed by atoms with Crippen molar-refractivity contribution in [2.75, 3.05) is 18.5 Å². The van der Waals surface area contributed by atoms with Crippen molar-refractivity contribution in [3.63, 3.8) is 0 Å². The highest BCUT2D eigenvalue weighted by atomic mass is 16.5. The maximum Gasteiger partial charge on any atom is 0.338 e. The van der Waals surface area contributed by atoms with Crippen molar-refractivity contribution in [2.24, 2.45) is 0 Å². The van der Waals surface area contributed by atoms with E-state index in [-0.39, 0.29) is 25.4 Å². The zero-order valence-electron chi connectivity index (χ0n) is 16.7. The summed E-state index contributed by atoms with van der Waals surface area (Å²) in [6.45, 7) is 1.90. The Hall–Kier alpha value is -3.68. The predicted octanol–water partition coefficient (Wildman–Crippen LogP) is 2.44. The van der Waals surface area contributed by atoms with Gasteiger partial charge in [0.2, 0.25) is 5.91 Å². The number of hydrogen-bond acceptors (Lipinski definition) is 6. The summed E-state index contributed by atoms with van der Waals surface area (Å²) in [7, 11) is 0. The molecule has 2 aromatic rings. The van der Waals surface area contributed by atoms with E-state index < -0.39 is 24.5 Å². The van der Waals surface area contributed by atoms with Crippen LogP contribution >= 0.6 is 0 Å². The first-order valence-electron chi connectivity index (χ1n) is 9.51. The first-order chi connectivity index (χ1) is 14.5. The van der Waals surface area contributed by atoms with Crippen LogP contribution in [-0.4, -0.2) is 37.0 Å². The quantitative estimate of drug-likeness (QED) is 0.580. The summed E-state index contributed by atoms with van der Waals surface area (Å²) in [5.41, 5.74) is 1.77. The molecule has 2 rings (SSSR count). The van der Waals surface area contributed by atoms with Crippen LogP contribution in [0.2, 0.25) is 0 Å². The van der Waals surface area contributed by atoms with Crippen molar-refractivity contribution in [3.8, 4) is 0 Å². The Morgan fingerprint density at radius 3 is 2.20 bits per heavy atom. The second-order valence-corrected chi connectivity index (χ2v) is 6.27. The average Bonchev–Trinajstić information content (AvgIpc) is 2.76. The lowest BCUT2D eigenvalue weighted by Gasteiger charge is -2.08. The molecule has 8 nitrogen and oxygen atoms in total. The highest BCUT2D eigenvalue weighted by Gasteiger charge is 2.11. The summed E-state index contributed by atoms with van der Waals surface area (Å²) in [5, 5.41) is 5.26. The van der Waals surface area contributed by atoms with Crippen LogP contribution in [0.25, 0.3) is 0 Å². The number of rotatable bonds is 10. The first-order valence-corrected chi connectivity index (χ1v) is 9.51. The minimum atomic E-state index is -0.641. The molecule has 0 heterocycles. The van der Waals surface area contributed by atoms with E-state index in [1.54, 1.807) is 19.1 Å².